The molecule has 0 aliphatic heterocycles. The highest BCUT2D eigenvalue weighted by Gasteiger charge is 2.10. The normalized spacial score (nSPS) is 10.3. The lowest BCUT2D eigenvalue weighted by molar-refractivity contribution is 0.0937. The van der Waals surface area contributed by atoms with Crippen LogP contribution in [0.3, 0.4) is 0 Å². The Kier molecular flexibility index (Phi) is 5.10. The van der Waals surface area contributed by atoms with E-state index in [0.29, 0.717) is 23.1 Å². The first-order valence-corrected chi connectivity index (χ1v) is 8.43. The van der Waals surface area contributed by atoms with Gasteiger partial charge in [-0.05, 0) is 37.3 Å². The molecule has 7 nitrogen and oxygen atoms in total. The largest absolute Gasteiger partial charge is 0.494 e. The minimum atomic E-state index is -0.576. The van der Waals surface area contributed by atoms with Crippen LogP contribution in [0.15, 0.2) is 48.5 Å². The minimum Gasteiger partial charge on any atom is -0.494 e. The number of aromatic nitrogens is 1. The van der Waals surface area contributed by atoms with Crippen LogP contribution in [0.2, 0.25) is 0 Å². The third kappa shape index (κ3) is 4.24. The highest BCUT2D eigenvalue weighted by atomic mass is 32.1. The smallest absolute Gasteiger partial charge is 0.339 e. The van der Waals surface area contributed by atoms with Gasteiger partial charge in [0.1, 0.15) is 5.75 Å². The van der Waals surface area contributed by atoms with Gasteiger partial charge in [-0.15, -0.1) is 0 Å². The maximum Gasteiger partial charge on any atom is 0.339 e. The number of hydrogen-bond donors (Lipinski definition) is 3. The van der Waals surface area contributed by atoms with Crippen LogP contribution in [-0.2, 0) is 0 Å². The fourth-order valence-corrected chi connectivity index (χ4v) is 2.99. The third-order valence-electron chi connectivity index (χ3n) is 3.21. The number of anilines is 1. The first-order chi connectivity index (χ1) is 12.2. The molecule has 8 heteroatoms. The van der Waals surface area contributed by atoms with Gasteiger partial charge in [-0.25, -0.2) is 15.2 Å². The van der Waals surface area contributed by atoms with Crippen molar-refractivity contribution in [3.8, 4) is 5.75 Å². The van der Waals surface area contributed by atoms with Crippen LogP contribution in [0.5, 0.6) is 5.75 Å². The lowest BCUT2D eigenvalue weighted by Crippen LogP contribution is -2.43. The summed E-state index contributed by atoms with van der Waals surface area (Å²) in [5, 5.41) is 3.04. The quantitative estimate of drug-likeness (QED) is 0.626. The fraction of sp³-hybridized carbons (Fsp3) is 0.118. The van der Waals surface area contributed by atoms with E-state index in [4.69, 9.17) is 4.74 Å². The van der Waals surface area contributed by atoms with Gasteiger partial charge >= 0.3 is 6.03 Å². The molecule has 0 aliphatic rings. The van der Waals surface area contributed by atoms with E-state index in [1.807, 2.05) is 31.2 Å². The number of para-hydroxylation sites is 1. The molecule has 25 heavy (non-hydrogen) atoms. The monoisotopic (exact) mass is 356 g/mol. The number of carbonyl (C=O) groups is 2. The van der Waals surface area contributed by atoms with E-state index in [-0.39, 0.29) is 0 Å². The predicted octanol–water partition coefficient (Wildman–Crippen LogP) is 3.16. The Balaban J connectivity index is 1.56. The lowest BCUT2D eigenvalue weighted by atomic mass is 10.2. The van der Waals surface area contributed by atoms with Gasteiger partial charge in [-0.1, -0.05) is 29.5 Å². The van der Waals surface area contributed by atoms with Gasteiger partial charge in [0.2, 0.25) is 0 Å². The Hall–Kier alpha value is -3.13. The van der Waals surface area contributed by atoms with Crippen molar-refractivity contribution in [2.75, 3.05) is 11.9 Å². The van der Waals surface area contributed by atoms with Crippen molar-refractivity contribution in [3.05, 3.63) is 54.1 Å². The fourth-order valence-electron chi connectivity index (χ4n) is 2.13. The maximum atomic E-state index is 12.1. The van der Waals surface area contributed by atoms with Crippen LogP contribution in [-0.4, -0.2) is 23.5 Å². The van der Waals surface area contributed by atoms with Gasteiger partial charge in [-0.3, -0.25) is 15.5 Å². The van der Waals surface area contributed by atoms with Crippen LogP contribution in [0.1, 0.15) is 17.3 Å². The van der Waals surface area contributed by atoms with Gasteiger partial charge < -0.3 is 4.74 Å². The molecule has 0 radical (unpaired) electrons. The van der Waals surface area contributed by atoms with E-state index in [2.05, 4.69) is 21.2 Å². The average molecular weight is 356 g/mol. The molecule has 0 spiro atoms. The van der Waals surface area contributed by atoms with Gasteiger partial charge in [0.25, 0.3) is 5.91 Å². The van der Waals surface area contributed by atoms with E-state index in [0.717, 1.165) is 10.2 Å². The molecule has 1 heterocycles. The number of thiazole rings is 1. The number of nitrogens with zero attached hydrogens (tertiary/aromatic N) is 1. The number of urea groups is 1. The molecule has 0 unspecified atom stereocenters. The zero-order chi connectivity index (χ0) is 17.6. The first-order valence-electron chi connectivity index (χ1n) is 7.61. The van der Waals surface area contributed by atoms with E-state index in [1.165, 1.54) is 11.3 Å². The number of rotatable bonds is 4. The summed E-state index contributed by atoms with van der Waals surface area (Å²) in [5.41, 5.74) is 5.83. The molecule has 0 aliphatic carbocycles. The number of ether oxygens (including phenoxy) is 1. The van der Waals surface area contributed by atoms with Crippen molar-refractivity contribution in [2.45, 2.75) is 6.92 Å². The Morgan fingerprint density at radius 2 is 1.96 bits per heavy atom. The molecule has 0 saturated carbocycles. The first kappa shape index (κ1) is 16.7. The minimum absolute atomic E-state index is 0.381. The zero-order valence-corrected chi connectivity index (χ0v) is 14.2. The predicted molar refractivity (Wildman–Crippen MR) is 96.9 cm³/mol. The van der Waals surface area contributed by atoms with Crippen molar-refractivity contribution >= 4 is 38.6 Å². The number of nitrogens with one attached hydrogen (secondary N) is 3. The van der Waals surface area contributed by atoms with Crippen molar-refractivity contribution < 1.29 is 14.3 Å². The van der Waals surface area contributed by atoms with Gasteiger partial charge in [0.15, 0.2) is 5.13 Å². The molecule has 0 saturated heterocycles. The van der Waals surface area contributed by atoms with Crippen LogP contribution in [0.25, 0.3) is 10.2 Å². The number of benzene rings is 2. The number of carbonyl (C=O) groups excluding carboxylic acids is 2. The van der Waals surface area contributed by atoms with Crippen molar-refractivity contribution in [1.82, 2.24) is 15.8 Å². The highest BCUT2D eigenvalue weighted by molar-refractivity contribution is 7.22. The van der Waals surface area contributed by atoms with Crippen LogP contribution in [0.4, 0.5) is 9.93 Å². The topological polar surface area (TPSA) is 92.4 Å². The molecule has 3 aromatic rings. The summed E-state index contributed by atoms with van der Waals surface area (Å²) in [6.07, 6.45) is 0. The molecule has 3 amide bonds. The second-order valence-corrected chi connectivity index (χ2v) is 6.01. The van der Waals surface area contributed by atoms with Crippen molar-refractivity contribution in [1.29, 1.82) is 0 Å². The number of amides is 3. The van der Waals surface area contributed by atoms with Gasteiger partial charge in [0.05, 0.1) is 16.8 Å². The molecular formula is C17H16N4O3S. The number of hydrogen-bond acceptors (Lipinski definition) is 5. The SMILES string of the molecule is CCOc1cccc(C(=O)NNC(=O)Nc2nc3ccccc3s2)c1. The molecule has 0 fully saturated rings. The van der Waals surface area contributed by atoms with E-state index < -0.39 is 11.9 Å². The summed E-state index contributed by atoms with van der Waals surface area (Å²) in [5.74, 6) is 0.148. The third-order valence-corrected chi connectivity index (χ3v) is 4.16. The molecule has 0 atom stereocenters. The molecule has 128 valence electrons. The van der Waals surface area contributed by atoms with E-state index in [1.54, 1.807) is 24.3 Å². The van der Waals surface area contributed by atoms with E-state index >= 15 is 0 Å². The van der Waals surface area contributed by atoms with Crippen LogP contribution in [0, 0.1) is 0 Å². The van der Waals surface area contributed by atoms with Gasteiger partial charge in [-0.2, -0.15) is 0 Å². The number of hydrazine groups is 1. The Morgan fingerprint density at radius 3 is 2.76 bits per heavy atom. The maximum absolute atomic E-state index is 12.1. The number of fused-ring (bicyclic) bond motifs is 1. The second kappa shape index (κ2) is 7.63. The molecule has 3 rings (SSSR count). The van der Waals surface area contributed by atoms with E-state index in [9.17, 15) is 9.59 Å². The molecule has 0 bridgehead atoms. The van der Waals surface area contributed by atoms with Crippen molar-refractivity contribution in [2.24, 2.45) is 0 Å². The summed E-state index contributed by atoms with van der Waals surface area (Å²) in [6, 6.07) is 13.7. The molecule has 1 aromatic heterocycles. The van der Waals surface area contributed by atoms with Gasteiger partial charge in [0, 0.05) is 5.56 Å². The standard InChI is InChI=1S/C17H16N4O3S/c1-2-24-12-7-5-6-11(10-12)15(22)20-21-16(23)19-17-18-13-8-3-4-9-14(13)25-17/h3-10H,2H2,1H3,(H,20,22)(H2,18,19,21,23). The van der Waals surface area contributed by atoms with Crippen LogP contribution < -0.4 is 20.9 Å². The summed E-state index contributed by atoms with van der Waals surface area (Å²) in [4.78, 5) is 28.3. The summed E-state index contributed by atoms with van der Waals surface area (Å²) in [7, 11) is 0. The summed E-state index contributed by atoms with van der Waals surface area (Å²) < 4.78 is 6.31. The van der Waals surface area contributed by atoms with Crippen LogP contribution >= 0.6 is 11.3 Å². The summed E-state index contributed by atoms with van der Waals surface area (Å²) in [6.45, 7) is 2.37. The Labute approximate surface area is 148 Å². The zero-order valence-electron chi connectivity index (χ0n) is 13.4. The van der Waals surface area contributed by atoms with Crippen molar-refractivity contribution in [3.63, 3.8) is 0 Å². The lowest BCUT2D eigenvalue weighted by Gasteiger charge is -2.08. The molecular weight excluding hydrogens is 340 g/mol. The Morgan fingerprint density at radius 1 is 1.12 bits per heavy atom. The highest BCUT2D eigenvalue weighted by Crippen LogP contribution is 2.25. The molecule has 2 aromatic carbocycles. The molecule has 3 N–H and O–H groups in total. The second-order valence-electron chi connectivity index (χ2n) is 4.98. The Bertz CT molecular complexity index is 877. The average Bonchev–Trinajstić information content (AvgIpc) is 3.02. The summed E-state index contributed by atoms with van der Waals surface area (Å²) >= 11 is 1.35.